The van der Waals surface area contributed by atoms with Gasteiger partial charge in [-0.3, -0.25) is 4.90 Å². The van der Waals surface area contributed by atoms with Crippen molar-refractivity contribution in [1.29, 1.82) is 0 Å². The van der Waals surface area contributed by atoms with E-state index in [1.165, 1.54) is 4.31 Å². The Balaban J connectivity index is 2.52. The van der Waals surface area contributed by atoms with Crippen molar-refractivity contribution in [2.45, 2.75) is 19.9 Å². The Morgan fingerprint density at radius 1 is 1.21 bits per heavy atom. The van der Waals surface area contributed by atoms with Crippen LogP contribution in [0.5, 0.6) is 0 Å². The van der Waals surface area contributed by atoms with Gasteiger partial charge in [0.1, 0.15) is 0 Å². The topological polar surface area (TPSA) is 40.6 Å². The van der Waals surface area contributed by atoms with E-state index >= 15 is 0 Å². The molecule has 0 aromatic heterocycles. The van der Waals surface area contributed by atoms with Crippen molar-refractivity contribution in [3.05, 3.63) is 0 Å². The van der Waals surface area contributed by atoms with Crippen molar-refractivity contribution in [3.63, 3.8) is 0 Å². The molecule has 0 aromatic carbocycles. The van der Waals surface area contributed by atoms with Crippen LogP contribution in [-0.4, -0.2) is 49.8 Å². The molecule has 84 valence electrons. The van der Waals surface area contributed by atoms with Crippen LogP contribution in [0.25, 0.3) is 0 Å². The molecule has 1 aliphatic rings. The Labute approximate surface area is 93.5 Å². The van der Waals surface area contributed by atoms with Crippen LogP contribution < -0.4 is 0 Å². The predicted octanol–water partition coefficient (Wildman–Crippen LogP) is 1.14. The molecule has 14 heavy (non-hydrogen) atoms. The molecule has 0 N–H and O–H groups in total. The molecule has 1 fully saturated rings. The molecule has 0 aliphatic carbocycles. The van der Waals surface area contributed by atoms with E-state index in [2.05, 4.69) is 18.7 Å². The van der Waals surface area contributed by atoms with Crippen LogP contribution in [0.3, 0.4) is 0 Å². The van der Waals surface area contributed by atoms with Crippen molar-refractivity contribution in [2.24, 2.45) is 0 Å². The molecular formula is C7H15ClN2O2S2. The monoisotopic (exact) mass is 258 g/mol. The van der Waals surface area contributed by atoms with Gasteiger partial charge in [0.05, 0.1) is 10.0 Å². The fraction of sp³-hybridized carbons (Fsp3) is 1.00. The first kappa shape index (κ1) is 12.6. The minimum absolute atomic E-state index is 0.395. The lowest BCUT2D eigenvalue weighted by molar-refractivity contribution is 0.155. The van der Waals surface area contributed by atoms with Crippen molar-refractivity contribution in [3.8, 4) is 0 Å². The largest absolute Gasteiger partial charge is 0.298 e. The van der Waals surface area contributed by atoms with Gasteiger partial charge in [-0.05, 0) is 24.5 Å². The van der Waals surface area contributed by atoms with Crippen molar-refractivity contribution < 1.29 is 8.42 Å². The van der Waals surface area contributed by atoms with Crippen LogP contribution in [-0.2, 0) is 9.06 Å². The van der Waals surface area contributed by atoms with Crippen LogP contribution in [0.15, 0.2) is 0 Å². The van der Waals surface area contributed by atoms with E-state index in [9.17, 15) is 8.42 Å². The molecule has 1 saturated heterocycles. The average Bonchev–Trinajstić information content (AvgIpc) is 2.18. The molecule has 0 amide bonds. The van der Waals surface area contributed by atoms with E-state index in [1.807, 2.05) is 0 Å². The maximum Gasteiger partial charge on any atom is 0.282 e. The number of piperazine rings is 1. The summed E-state index contributed by atoms with van der Waals surface area (Å²) in [7, 11) is 2.41. The van der Waals surface area contributed by atoms with Crippen LogP contribution in [0, 0.1) is 0 Å². The minimum atomic E-state index is -3.28. The second kappa shape index (κ2) is 5.03. The summed E-state index contributed by atoms with van der Waals surface area (Å²) < 4.78 is 24.2. The first-order valence-electron chi connectivity index (χ1n) is 4.51. The summed E-state index contributed by atoms with van der Waals surface area (Å²) in [4.78, 5) is 2.25. The second-order valence-corrected chi connectivity index (χ2v) is 7.82. The van der Waals surface area contributed by atoms with Crippen LogP contribution in [0.2, 0.25) is 0 Å². The summed E-state index contributed by atoms with van der Waals surface area (Å²) in [6.07, 6.45) is 0. The lowest BCUT2D eigenvalue weighted by Gasteiger charge is -2.35. The number of hydrogen-bond donors (Lipinski definition) is 0. The van der Waals surface area contributed by atoms with Gasteiger partial charge >= 0.3 is 0 Å². The van der Waals surface area contributed by atoms with Gasteiger partial charge in [0.25, 0.3) is 9.06 Å². The molecule has 1 heterocycles. The van der Waals surface area contributed by atoms with Crippen molar-refractivity contribution in [2.75, 3.05) is 26.2 Å². The normalized spacial score (nSPS) is 21.7. The summed E-state index contributed by atoms with van der Waals surface area (Å²) in [6, 6.07) is 0.475. The Morgan fingerprint density at radius 2 is 1.71 bits per heavy atom. The summed E-state index contributed by atoms with van der Waals surface area (Å²) in [5.41, 5.74) is 0. The second-order valence-electron chi connectivity index (χ2n) is 3.55. The molecule has 0 atom stereocenters. The first-order valence-corrected chi connectivity index (χ1v) is 8.11. The highest BCUT2D eigenvalue weighted by atomic mass is 35.7. The average molecular weight is 259 g/mol. The Hall–Kier alpha value is 0.510. The maximum atomic E-state index is 11.4. The standard InChI is InChI=1S/C7H15ClN2O2S2/c1-7(2)9-3-5-10(6-4-9)14(11,12)13-8/h7H,3-6H2,1-2H3. The molecule has 0 aromatic rings. The molecular weight excluding hydrogens is 244 g/mol. The van der Waals surface area contributed by atoms with E-state index in [0.29, 0.717) is 29.1 Å². The number of rotatable bonds is 3. The fourth-order valence-electron chi connectivity index (χ4n) is 1.48. The molecule has 1 aliphatic heterocycles. The molecule has 0 unspecified atom stereocenters. The Bertz CT molecular complexity index is 273. The van der Waals surface area contributed by atoms with Crippen LogP contribution >= 0.6 is 20.7 Å². The van der Waals surface area contributed by atoms with Gasteiger partial charge < -0.3 is 0 Å². The summed E-state index contributed by atoms with van der Waals surface area (Å²) >= 11 is 0. The summed E-state index contributed by atoms with van der Waals surface area (Å²) in [5.74, 6) is 0. The maximum absolute atomic E-state index is 11.4. The molecule has 0 radical (unpaired) electrons. The summed E-state index contributed by atoms with van der Waals surface area (Å²) in [5, 5.41) is 0. The van der Waals surface area contributed by atoms with E-state index in [-0.39, 0.29) is 0 Å². The van der Waals surface area contributed by atoms with Gasteiger partial charge in [-0.1, -0.05) is 0 Å². The zero-order valence-corrected chi connectivity index (χ0v) is 10.7. The quantitative estimate of drug-likeness (QED) is 0.712. The van der Waals surface area contributed by atoms with Crippen molar-refractivity contribution >= 4 is 29.7 Å². The van der Waals surface area contributed by atoms with Crippen LogP contribution in [0.1, 0.15) is 13.8 Å². The van der Waals surface area contributed by atoms with Crippen molar-refractivity contribution in [1.82, 2.24) is 9.21 Å². The van der Waals surface area contributed by atoms with Gasteiger partial charge in [-0.15, -0.1) is 0 Å². The molecule has 0 saturated carbocycles. The smallest absolute Gasteiger partial charge is 0.282 e. The summed E-state index contributed by atoms with van der Waals surface area (Å²) in [6.45, 7) is 6.88. The van der Waals surface area contributed by atoms with Gasteiger partial charge in [-0.2, -0.15) is 12.7 Å². The van der Waals surface area contributed by atoms with E-state index in [1.54, 1.807) is 0 Å². The fourth-order valence-corrected chi connectivity index (χ4v) is 3.58. The number of nitrogens with zero attached hydrogens (tertiary/aromatic N) is 2. The molecule has 4 nitrogen and oxygen atoms in total. The van der Waals surface area contributed by atoms with Gasteiger partial charge in [0.15, 0.2) is 0 Å². The third kappa shape index (κ3) is 3.00. The van der Waals surface area contributed by atoms with E-state index < -0.39 is 9.06 Å². The highest BCUT2D eigenvalue weighted by molar-refractivity contribution is 8.80. The Kier molecular flexibility index (Phi) is 4.52. The SMILES string of the molecule is CC(C)N1CCN(S(=O)(=O)SCl)CC1. The molecule has 0 bridgehead atoms. The van der Waals surface area contributed by atoms with Gasteiger partial charge in [-0.25, -0.2) is 0 Å². The minimum Gasteiger partial charge on any atom is -0.298 e. The number of hydrogen-bond acceptors (Lipinski definition) is 4. The van der Waals surface area contributed by atoms with E-state index in [0.717, 1.165) is 13.1 Å². The Morgan fingerprint density at radius 3 is 2.07 bits per heavy atom. The zero-order valence-electron chi connectivity index (χ0n) is 8.31. The first-order chi connectivity index (χ1) is 6.47. The third-order valence-corrected chi connectivity index (χ3v) is 6.10. The predicted molar refractivity (Wildman–Crippen MR) is 60.6 cm³/mol. The highest BCUT2D eigenvalue weighted by Crippen LogP contribution is 2.23. The molecule has 0 spiro atoms. The third-order valence-electron chi connectivity index (χ3n) is 2.40. The highest BCUT2D eigenvalue weighted by Gasteiger charge is 2.27. The van der Waals surface area contributed by atoms with Gasteiger partial charge in [0, 0.05) is 32.2 Å². The van der Waals surface area contributed by atoms with Gasteiger partial charge in [0.2, 0.25) is 0 Å². The lowest BCUT2D eigenvalue weighted by atomic mass is 10.3. The molecule has 1 rings (SSSR count). The lowest BCUT2D eigenvalue weighted by Crippen LogP contribution is -2.49. The molecule has 7 heteroatoms. The van der Waals surface area contributed by atoms with Crippen LogP contribution in [0.4, 0.5) is 0 Å². The zero-order chi connectivity index (χ0) is 10.8. The van der Waals surface area contributed by atoms with E-state index in [4.69, 9.17) is 10.7 Å². The number of halogens is 1.